The Kier molecular flexibility index (Phi) is 1.60. The maximum atomic E-state index is 5.83. The van der Waals surface area contributed by atoms with Gasteiger partial charge in [0.25, 0.3) is 0 Å². The third-order valence-corrected chi connectivity index (χ3v) is 2.41. The van der Waals surface area contributed by atoms with Crippen LogP contribution in [0, 0.1) is 0 Å². The molecule has 5 heteroatoms. The van der Waals surface area contributed by atoms with E-state index in [1.54, 1.807) is 10.6 Å². The first-order valence-electron chi connectivity index (χ1n) is 3.77. The van der Waals surface area contributed by atoms with Crippen LogP contribution in [-0.4, -0.2) is 9.55 Å². The highest BCUT2D eigenvalue weighted by molar-refractivity contribution is 6.29. The smallest absolute Gasteiger partial charge is 0.203 e. The molecule has 0 unspecified atom stereocenters. The maximum absolute atomic E-state index is 5.83. The van der Waals surface area contributed by atoms with E-state index >= 15 is 0 Å². The second-order valence-electron chi connectivity index (χ2n) is 2.88. The minimum atomic E-state index is 0.410. The molecule has 2 rings (SSSR count). The number of nitrogens with zero attached hydrogens (tertiary/aromatic N) is 2. The highest BCUT2D eigenvalue weighted by Gasteiger charge is 2.09. The summed E-state index contributed by atoms with van der Waals surface area (Å²) < 4.78 is 1.76. The monoisotopic (exact) mass is 196 g/mol. The lowest BCUT2D eigenvalue weighted by Gasteiger charge is -2.00. The van der Waals surface area contributed by atoms with Crippen molar-refractivity contribution in [2.24, 2.45) is 7.05 Å². The SMILES string of the molecule is Cn1c(Cl)nc2c(N)c(N)ccc21. The normalized spacial score (nSPS) is 10.9. The lowest BCUT2D eigenvalue weighted by Crippen LogP contribution is -1.95. The molecule has 0 atom stereocenters. The first-order valence-corrected chi connectivity index (χ1v) is 4.15. The number of hydrogen-bond acceptors (Lipinski definition) is 3. The van der Waals surface area contributed by atoms with Gasteiger partial charge in [-0.1, -0.05) is 0 Å². The van der Waals surface area contributed by atoms with Gasteiger partial charge in [0.05, 0.1) is 16.9 Å². The van der Waals surface area contributed by atoms with Crippen molar-refractivity contribution in [1.29, 1.82) is 0 Å². The standard InChI is InChI=1S/C8H9ClN4/c1-13-5-3-2-4(10)6(11)7(5)12-8(13)9/h2-3H,10-11H2,1H3. The summed E-state index contributed by atoms with van der Waals surface area (Å²) in [7, 11) is 1.83. The molecule has 68 valence electrons. The van der Waals surface area contributed by atoms with Gasteiger partial charge in [-0.2, -0.15) is 0 Å². The molecule has 13 heavy (non-hydrogen) atoms. The lowest BCUT2D eigenvalue weighted by molar-refractivity contribution is 0.949. The molecule has 0 saturated carbocycles. The zero-order valence-corrected chi connectivity index (χ0v) is 7.84. The van der Waals surface area contributed by atoms with Crippen LogP contribution in [0.3, 0.4) is 0 Å². The van der Waals surface area contributed by atoms with Crippen molar-refractivity contribution in [2.45, 2.75) is 0 Å². The first kappa shape index (κ1) is 8.19. The molecule has 0 amide bonds. The van der Waals surface area contributed by atoms with Crippen molar-refractivity contribution in [3.8, 4) is 0 Å². The zero-order valence-electron chi connectivity index (χ0n) is 7.08. The molecule has 1 heterocycles. The minimum Gasteiger partial charge on any atom is -0.397 e. The van der Waals surface area contributed by atoms with Crippen molar-refractivity contribution in [3.63, 3.8) is 0 Å². The van der Waals surface area contributed by atoms with Crippen LogP contribution in [0.4, 0.5) is 11.4 Å². The van der Waals surface area contributed by atoms with Gasteiger partial charge in [0.2, 0.25) is 5.28 Å². The van der Waals surface area contributed by atoms with Crippen molar-refractivity contribution in [3.05, 3.63) is 17.4 Å². The third-order valence-electron chi connectivity index (χ3n) is 2.07. The number of nitrogen functional groups attached to an aromatic ring is 2. The Morgan fingerprint density at radius 1 is 1.38 bits per heavy atom. The summed E-state index contributed by atoms with van der Waals surface area (Å²) in [5.41, 5.74) is 13.9. The Morgan fingerprint density at radius 3 is 2.77 bits per heavy atom. The second kappa shape index (κ2) is 2.53. The molecular weight excluding hydrogens is 188 g/mol. The van der Waals surface area contributed by atoms with Gasteiger partial charge >= 0.3 is 0 Å². The molecule has 0 radical (unpaired) electrons. The fourth-order valence-corrected chi connectivity index (χ4v) is 1.44. The molecule has 0 aliphatic carbocycles. The van der Waals surface area contributed by atoms with Crippen molar-refractivity contribution in [1.82, 2.24) is 9.55 Å². The summed E-state index contributed by atoms with van der Waals surface area (Å²) in [6, 6.07) is 3.59. The number of aromatic nitrogens is 2. The summed E-state index contributed by atoms with van der Waals surface area (Å²) in [5, 5.41) is 0.410. The third kappa shape index (κ3) is 1.02. The molecule has 0 fully saturated rings. The number of aryl methyl sites for hydroxylation is 1. The summed E-state index contributed by atoms with van der Waals surface area (Å²) in [6.07, 6.45) is 0. The van der Waals surface area contributed by atoms with Gasteiger partial charge in [0, 0.05) is 7.05 Å². The minimum absolute atomic E-state index is 0.410. The van der Waals surface area contributed by atoms with Crippen LogP contribution >= 0.6 is 11.6 Å². The van der Waals surface area contributed by atoms with Crippen LogP contribution in [-0.2, 0) is 7.05 Å². The fourth-order valence-electron chi connectivity index (χ4n) is 1.27. The predicted octanol–water partition coefficient (Wildman–Crippen LogP) is 1.39. The number of nitrogens with two attached hydrogens (primary N) is 2. The zero-order chi connectivity index (χ0) is 9.59. The Labute approximate surface area is 80.1 Å². The molecule has 0 bridgehead atoms. The number of halogens is 1. The van der Waals surface area contributed by atoms with E-state index in [0.29, 0.717) is 22.2 Å². The largest absolute Gasteiger partial charge is 0.397 e. The van der Waals surface area contributed by atoms with Gasteiger partial charge in [0.15, 0.2) is 0 Å². The molecule has 1 aromatic heterocycles. The summed E-state index contributed by atoms with van der Waals surface area (Å²) in [5.74, 6) is 0. The van der Waals surface area contributed by atoms with Crippen LogP contribution in [0.2, 0.25) is 5.28 Å². The molecule has 1 aromatic carbocycles. The van der Waals surface area contributed by atoms with E-state index in [2.05, 4.69) is 4.98 Å². The van der Waals surface area contributed by atoms with Crippen LogP contribution in [0.1, 0.15) is 0 Å². The Bertz CT molecular complexity index is 474. The molecule has 4 N–H and O–H groups in total. The first-order chi connectivity index (χ1) is 6.11. The van der Waals surface area contributed by atoms with Gasteiger partial charge in [-0.05, 0) is 23.7 Å². The number of imidazole rings is 1. The van der Waals surface area contributed by atoms with E-state index < -0.39 is 0 Å². The Balaban J connectivity index is 2.94. The van der Waals surface area contributed by atoms with Crippen molar-refractivity contribution < 1.29 is 0 Å². The number of rotatable bonds is 0. The molecular formula is C8H9ClN4. The van der Waals surface area contributed by atoms with Gasteiger partial charge in [-0.3, -0.25) is 0 Å². The Morgan fingerprint density at radius 2 is 2.08 bits per heavy atom. The lowest BCUT2D eigenvalue weighted by atomic mass is 10.2. The van der Waals surface area contributed by atoms with Gasteiger partial charge in [-0.15, -0.1) is 0 Å². The van der Waals surface area contributed by atoms with Gasteiger partial charge < -0.3 is 16.0 Å². The van der Waals surface area contributed by atoms with E-state index in [-0.39, 0.29) is 0 Å². The van der Waals surface area contributed by atoms with Crippen LogP contribution < -0.4 is 11.5 Å². The molecule has 0 aliphatic heterocycles. The van der Waals surface area contributed by atoms with Crippen LogP contribution in [0.25, 0.3) is 11.0 Å². The van der Waals surface area contributed by atoms with Gasteiger partial charge in [-0.25, -0.2) is 4.98 Å². The maximum Gasteiger partial charge on any atom is 0.203 e. The van der Waals surface area contributed by atoms with Crippen LogP contribution in [0.5, 0.6) is 0 Å². The molecule has 4 nitrogen and oxygen atoms in total. The highest BCUT2D eigenvalue weighted by Crippen LogP contribution is 2.27. The number of fused-ring (bicyclic) bond motifs is 1. The van der Waals surface area contributed by atoms with Crippen molar-refractivity contribution in [2.75, 3.05) is 11.5 Å². The molecule has 0 spiro atoms. The van der Waals surface area contributed by atoms with E-state index in [1.807, 2.05) is 13.1 Å². The van der Waals surface area contributed by atoms with Gasteiger partial charge in [0.1, 0.15) is 5.52 Å². The summed E-state index contributed by atoms with van der Waals surface area (Å²) >= 11 is 5.83. The fraction of sp³-hybridized carbons (Fsp3) is 0.125. The van der Waals surface area contributed by atoms with E-state index in [9.17, 15) is 0 Å². The second-order valence-corrected chi connectivity index (χ2v) is 3.21. The number of anilines is 2. The quantitative estimate of drug-likeness (QED) is 0.626. The highest BCUT2D eigenvalue weighted by atomic mass is 35.5. The topological polar surface area (TPSA) is 69.9 Å². The Hall–Kier alpha value is -1.42. The average Bonchev–Trinajstić information content (AvgIpc) is 2.38. The molecule has 2 aromatic rings. The predicted molar refractivity (Wildman–Crippen MR) is 54.5 cm³/mol. The average molecular weight is 197 g/mol. The summed E-state index contributed by atoms with van der Waals surface area (Å²) in [4.78, 5) is 4.10. The molecule has 0 aliphatic rings. The van der Waals surface area contributed by atoms with E-state index in [4.69, 9.17) is 23.1 Å². The number of hydrogen-bond donors (Lipinski definition) is 2. The van der Waals surface area contributed by atoms with Crippen LogP contribution in [0.15, 0.2) is 12.1 Å². The van der Waals surface area contributed by atoms with E-state index in [1.165, 1.54) is 0 Å². The van der Waals surface area contributed by atoms with Crippen molar-refractivity contribution >= 4 is 34.0 Å². The van der Waals surface area contributed by atoms with E-state index in [0.717, 1.165) is 5.52 Å². The number of benzene rings is 1. The summed E-state index contributed by atoms with van der Waals surface area (Å²) in [6.45, 7) is 0. The molecule has 0 saturated heterocycles.